The van der Waals surface area contributed by atoms with Gasteiger partial charge in [-0.15, -0.1) is 0 Å². The van der Waals surface area contributed by atoms with Crippen molar-refractivity contribution in [1.29, 1.82) is 0 Å². The molecule has 3 spiro atoms. The third-order valence-corrected chi connectivity index (χ3v) is 14.9. The molecule has 3 saturated carbocycles. The second-order valence-corrected chi connectivity index (χ2v) is 12.8. The highest BCUT2D eigenvalue weighted by molar-refractivity contribution is 6.73. The van der Waals surface area contributed by atoms with Crippen molar-refractivity contribution in [3.8, 4) is 0 Å². The van der Waals surface area contributed by atoms with E-state index in [1.165, 1.54) is 17.8 Å². The molecule has 0 aromatic heterocycles. The largest absolute Gasteiger partial charge is 0.0567 e. The first kappa shape index (κ1) is 8.34. The summed E-state index contributed by atoms with van der Waals surface area (Å²) in [6, 6.07) is 0. The fourth-order valence-corrected chi connectivity index (χ4v) is 16.1. The van der Waals surface area contributed by atoms with E-state index in [1.54, 1.807) is 57.8 Å². The van der Waals surface area contributed by atoms with E-state index in [0.29, 0.717) is 0 Å². The van der Waals surface area contributed by atoms with Gasteiger partial charge in [0.2, 0.25) is 0 Å². The molecule has 6 rings (SSSR count). The SMILES string of the molecule is C1C[C@]23C[C@H]2CC[C@]24C[C@H]2CC[C@@]2(C[C@@H]12)[SiH]43. The van der Waals surface area contributed by atoms with Gasteiger partial charge >= 0.3 is 0 Å². The van der Waals surface area contributed by atoms with Gasteiger partial charge in [0.15, 0.2) is 0 Å². The summed E-state index contributed by atoms with van der Waals surface area (Å²) in [5.41, 5.74) is 0. The van der Waals surface area contributed by atoms with Gasteiger partial charge in [-0.3, -0.25) is 0 Å². The van der Waals surface area contributed by atoms with Crippen LogP contribution in [0.2, 0.25) is 15.1 Å². The molecule has 6 aliphatic rings. The van der Waals surface area contributed by atoms with Crippen LogP contribution in [0, 0.1) is 17.8 Å². The van der Waals surface area contributed by atoms with Crippen molar-refractivity contribution in [1.82, 2.24) is 0 Å². The molecule has 0 bridgehead atoms. The van der Waals surface area contributed by atoms with Crippen molar-refractivity contribution in [3.63, 3.8) is 0 Å². The molecule has 86 valence electrons. The van der Waals surface area contributed by atoms with Gasteiger partial charge in [0.05, 0.1) is 8.80 Å². The second kappa shape index (κ2) is 2.00. The number of rotatable bonds is 0. The Kier molecular flexibility index (Phi) is 1.04. The minimum absolute atomic E-state index is 0.378. The second-order valence-electron chi connectivity index (χ2n) is 8.45. The lowest BCUT2D eigenvalue weighted by Gasteiger charge is -2.50. The lowest BCUT2D eigenvalue weighted by Crippen LogP contribution is -2.45. The molecular weight excluding hydrogens is 208 g/mol. The van der Waals surface area contributed by atoms with Crippen LogP contribution in [0.1, 0.15) is 57.8 Å². The maximum Gasteiger partial charge on any atom is 0.0567 e. The van der Waals surface area contributed by atoms with E-state index in [-0.39, 0.29) is 8.80 Å². The zero-order valence-electron chi connectivity index (χ0n) is 10.2. The molecule has 0 aromatic carbocycles. The van der Waals surface area contributed by atoms with Crippen molar-refractivity contribution in [2.24, 2.45) is 17.8 Å². The van der Waals surface area contributed by atoms with Crippen LogP contribution in [-0.4, -0.2) is 8.80 Å². The molecule has 3 heterocycles. The monoisotopic (exact) mass is 230 g/mol. The smallest absolute Gasteiger partial charge is 0.0499 e. The van der Waals surface area contributed by atoms with Crippen LogP contribution in [0.25, 0.3) is 0 Å². The summed E-state index contributed by atoms with van der Waals surface area (Å²) in [5.74, 6) is 3.81. The fourth-order valence-electron chi connectivity index (χ4n) is 7.83. The maximum absolute atomic E-state index is 1.73. The van der Waals surface area contributed by atoms with E-state index in [0.717, 1.165) is 15.1 Å². The van der Waals surface area contributed by atoms with Crippen LogP contribution in [0.3, 0.4) is 0 Å². The molecule has 0 radical (unpaired) electrons. The van der Waals surface area contributed by atoms with E-state index in [2.05, 4.69) is 0 Å². The average Bonchev–Trinajstić information content (AvgIpc) is 3.16. The molecular formula is C15H22Si. The summed E-state index contributed by atoms with van der Waals surface area (Å²) in [6.45, 7) is 0. The van der Waals surface area contributed by atoms with E-state index >= 15 is 0 Å². The Bertz CT molecular complexity index is 356. The van der Waals surface area contributed by atoms with Crippen molar-refractivity contribution in [2.45, 2.75) is 72.9 Å². The van der Waals surface area contributed by atoms with Crippen LogP contribution in [-0.2, 0) is 0 Å². The van der Waals surface area contributed by atoms with Crippen LogP contribution in [0.5, 0.6) is 0 Å². The van der Waals surface area contributed by atoms with E-state index in [1.807, 2.05) is 0 Å². The molecule has 0 amide bonds. The molecule has 3 saturated heterocycles. The molecule has 0 aromatic rings. The fraction of sp³-hybridized carbons (Fsp3) is 1.00. The molecule has 0 unspecified atom stereocenters. The van der Waals surface area contributed by atoms with Crippen LogP contribution < -0.4 is 0 Å². The summed E-state index contributed by atoms with van der Waals surface area (Å²) >= 11 is 0. The summed E-state index contributed by atoms with van der Waals surface area (Å²) in [4.78, 5) is 0. The van der Waals surface area contributed by atoms with E-state index in [9.17, 15) is 0 Å². The van der Waals surface area contributed by atoms with Crippen LogP contribution >= 0.6 is 0 Å². The first-order chi connectivity index (χ1) is 7.80. The molecule has 16 heavy (non-hydrogen) atoms. The molecule has 3 aliphatic carbocycles. The number of hydrogen-bond acceptors (Lipinski definition) is 0. The number of hydrogen-bond donors (Lipinski definition) is 0. The Morgan fingerprint density at radius 2 is 1.00 bits per heavy atom. The van der Waals surface area contributed by atoms with Gasteiger partial charge in [0, 0.05) is 0 Å². The minimum atomic E-state index is -0.378. The van der Waals surface area contributed by atoms with Gasteiger partial charge in [0.1, 0.15) is 0 Å². The molecule has 6 fully saturated rings. The van der Waals surface area contributed by atoms with Crippen molar-refractivity contribution >= 4 is 8.80 Å². The van der Waals surface area contributed by atoms with Gasteiger partial charge in [-0.25, -0.2) is 0 Å². The highest BCUT2D eigenvalue weighted by atomic mass is 28.3. The average molecular weight is 230 g/mol. The topological polar surface area (TPSA) is 0 Å². The van der Waals surface area contributed by atoms with Crippen LogP contribution in [0.15, 0.2) is 0 Å². The third-order valence-electron chi connectivity index (χ3n) is 8.44. The Morgan fingerprint density at radius 3 is 1.38 bits per heavy atom. The zero-order valence-corrected chi connectivity index (χ0v) is 11.3. The maximum atomic E-state index is 1.73. The van der Waals surface area contributed by atoms with Gasteiger partial charge in [-0.05, 0) is 90.7 Å². The van der Waals surface area contributed by atoms with Gasteiger partial charge in [-0.1, -0.05) is 0 Å². The third kappa shape index (κ3) is 0.621. The normalized spacial score (nSPS) is 76.5. The summed E-state index contributed by atoms with van der Waals surface area (Å²) in [7, 11) is -0.378. The quantitative estimate of drug-likeness (QED) is 0.554. The van der Waals surface area contributed by atoms with Crippen molar-refractivity contribution in [3.05, 3.63) is 0 Å². The van der Waals surface area contributed by atoms with E-state index in [4.69, 9.17) is 0 Å². The molecule has 6 atom stereocenters. The minimum Gasteiger partial charge on any atom is -0.0499 e. The first-order valence-electron chi connectivity index (χ1n) is 7.80. The zero-order chi connectivity index (χ0) is 10.2. The first-order valence-corrected chi connectivity index (χ1v) is 9.53. The van der Waals surface area contributed by atoms with Gasteiger partial charge < -0.3 is 0 Å². The van der Waals surface area contributed by atoms with Crippen molar-refractivity contribution in [2.75, 3.05) is 0 Å². The molecule has 3 aliphatic heterocycles. The summed E-state index contributed by atoms with van der Waals surface area (Å²) < 4.78 is 0. The Labute approximate surface area is 99.8 Å². The Balaban J connectivity index is 1.59. The molecule has 0 nitrogen and oxygen atoms in total. The van der Waals surface area contributed by atoms with Gasteiger partial charge in [0.25, 0.3) is 0 Å². The molecule has 0 N–H and O–H groups in total. The summed E-state index contributed by atoms with van der Waals surface area (Å²) in [5, 5.41) is 3.25. The highest BCUT2D eigenvalue weighted by Gasteiger charge is 2.84. The predicted molar refractivity (Wildman–Crippen MR) is 67.3 cm³/mol. The Morgan fingerprint density at radius 1 is 0.625 bits per heavy atom. The van der Waals surface area contributed by atoms with E-state index < -0.39 is 0 Å². The molecule has 1 heteroatoms. The standard InChI is InChI=1S/C15H22Si/c1-4-13-8-11(13)3-6-15-9-12(15)2-5-14(16(13)15)7-10(1)14/h10-12,16H,1-9H2/t10-,11-,12-,13+,14+,15+,16?/m1/s1. The highest BCUT2D eigenvalue weighted by Crippen LogP contribution is 2.95. The Hall–Kier alpha value is 0.217. The lowest BCUT2D eigenvalue weighted by atomic mass is 9.97. The summed E-state index contributed by atoms with van der Waals surface area (Å²) in [6.07, 6.45) is 15.3. The van der Waals surface area contributed by atoms with Crippen molar-refractivity contribution < 1.29 is 0 Å². The lowest BCUT2D eigenvalue weighted by molar-refractivity contribution is 0.381. The van der Waals surface area contributed by atoms with Crippen LogP contribution in [0.4, 0.5) is 0 Å². The van der Waals surface area contributed by atoms with Gasteiger partial charge in [-0.2, -0.15) is 0 Å². The predicted octanol–water partition coefficient (Wildman–Crippen LogP) is 3.88.